The lowest BCUT2D eigenvalue weighted by Crippen LogP contribution is -2.46. The van der Waals surface area contributed by atoms with E-state index in [4.69, 9.17) is 16.3 Å². The van der Waals surface area contributed by atoms with Gasteiger partial charge >= 0.3 is 6.09 Å². The lowest BCUT2D eigenvalue weighted by molar-refractivity contribution is 0.0166. The normalized spacial score (nSPS) is 17.2. The average Bonchev–Trinajstić information content (AvgIpc) is 2.89. The smallest absolute Gasteiger partial charge is 0.410 e. The molecule has 2 aliphatic rings. The Morgan fingerprint density at radius 2 is 1.64 bits per heavy atom. The summed E-state index contributed by atoms with van der Waals surface area (Å²) < 4.78 is 5.46. The third-order valence-electron chi connectivity index (χ3n) is 5.04. The molecule has 4 nitrogen and oxygen atoms in total. The Morgan fingerprint density at radius 1 is 1.11 bits per heavy atom. The van der Waals surface area contributed by atoms with Crippen LogP contribution in [0.3, 0.4) is 0 Å². The van der Waals surface area contributed by atoms with E-state index in [1.807, 2.05) is 61.5 Å². The van der Waals surface area contributed by atoms with Crippen molar-refractivity contribution < 1.29 is 14.3 Å². The van der Waals surface area contributed by atoms with Gasteiger partial charge in [-0.2, -0.15) is 0 Å². The zero-order chi connectivity index (χ0) is 21.7. The predicted octanol–water partition coefficient (Wildman–Crippen LogP) is 6.56. The van der Waals surface area contributed by atoms with Crippen LogP contribution in [-0.4, -0.2) is 35.5 Å². The number of amides is 1. The van der Waals surface area contributed by atoms with Crippen LogP contribution in [0.5, 0.6) is 0 Å². The molecule has 0 aromatic heterocycles. The van der Waals surface area contributed by atoms with Crippen molar-refractivity contribution >= 4 is 23.5 Å². The second-order valence-corrected chi connectivity index (χ2v) is 8.40. The first-order valence-corrected chi connectivity index (χ1v) is 10.8. The van der Waals surface area contributed by atoms with Gasteiger partial charge in [-0.25, -0.2) is 4.79 Å². The third kappa shape index (κ3) is 5.28. The molecule has 5 heteroatoms. The Bertz CT molecular complexity index is 699. The molecule has 1 amide bonds. The van der Waals surface area contributed by atoms with Crippen LogP contribution in [0.1, 0.15) is 89.2 Å². The van der Waals surface area contributed by atoms with Crippen molar-refractivity contribution in [3.8, 4) is 0 Å². The van der Waals surface area contributed by atoms with Gasteiger partial charge in [0, 0.05) is 35.5 Å². The highest BCUT2D eigenvalue weighted by atomic mass is 35.5. The number of carbonyl (C=O) groups is 2. The summed E-state index contributed by atoms with van der Waals surface area (Å²) in [6, 6.07) is 3.87. The van der Waals surface area contributed by atoms with Crippen molar-refractivity contribution in [2.24, 2.45) is 0 Å². The van der Waals surface area contributed by atoms with E-state index in [-0.39, 0.29) is 17.3 Å². The van der Waals surface area contributed by atoms with Gasteiger partial charge in [0.15, 0.2) is 5.78 Å². The number of piperidine rings is 1. The molecule has 1 saturated heterocycles. The number of ether oxygens (including phenoxy) is 1. The van der Waals surface area contributed by atoms with E-state index in [9.17, 15) is 9.59 Å². The molecule has 28 heavy (non-hydrogen) atoms. The minimum Gasteiger partial charge on any atom is -0.444 e. The molecule has 1 spiro atoms. The number of Topliss-reactive ketones (excluding diaryl/α,β-unsaturated/α-hetero) is 1. The molecule has 0 N–H and O–H groups in total. The maximum atomic E-state index is 12.4. The minimum atomic E-state index is -0.490. The van der Waals surface area contributed by atoms with Gasteiger partial charge in [-0.3, -0.25) is 4.79 Å². The van der Waals surface area contributed by atoms with Crippen LogP contribution in [0, 0.1) is 6.92 Å². The lowest BCUT2D eigenvalue weighted by atomic mass is 9.73. The number of aryl methyl sites for hydroxylation is 1. The van der Waals surface area contributed by atoms with Crippen LogP contribution < -0.4 is 0 Å². The number of rotatable bonds is 0. The molecule has 1 aromatic carbocycles. The lowest BCUT2D eigenvalue weighted by Gasteiger charge is -2.40. The minimum absolute atomic E-state index is 0.153. The molecular weight excluding hydrogens is 374 g/mol. The zero-order valence-electron chi connectivity index (χ0n) is 18.7. The second kappa shape index (κ2) is 9.78. The van der Waals surface area contributed by atoms with E-state index >= 15 is 0 Å². The quantitative estimate of drug-likeness (QED) is 0.487. The van der Waals surface area contributed by atoms with Gasteiger partial charge in [-0.05, 0) is 57.7 Å². The Morgan fingerprint density at radius 3 is 2.14 bits per heavy atom. The van der Waals surface area contributed by atoms with Crippen molar-refractivity contribution in [3.63, 3.8) is 0 Å². The summed E-state index contributed by atoms with van der Waals surface area (Å²) in [6.07, 6.45) is 1.82. The first kappa shape index (κ1) is 24.5. The van der Waals surface area contributed by atoms with Gasteiger partial charge < -0.3 is 9.64 Å². The van der Waals surface area contributed by atoms with Gasteiger partial charge in [0.05, 0.1) is 0 Å². The van der Waals surface area contributed by atoms with E-state index in [1.165, 1.54) is 0 Å². The number of ketones is 1. The monoisotopic (exact) mass is 409 g/mol. The predicted molar refractivity (Wildman–Crippen MR) is 117 cm³/mol. The molecular formula is C23H36ClNO3. The molecule has 0 bridgehead atoms. The number of benzene rings is 1. The number of hydrogen-bond donors (Lipinski definition) is 0. The summed E-state index contributed by atoms with van der Waals surface area (Å²) >= 11 is 6.19. The maximum Gasteiger partial charge on any atom is 0.410 e. The SMILES string of the molecule is CC.CC.Cc1cc2c(cc1Cl)C(=O)CC21CCN(C(=O)OC(C)(C)C)CC1. The molecule has 1 heterocycles. The topological polar surface area (TPSA) is 46.6 Å². The van der Waals surface area contributed by atoms with Crippen molar-refractivity contribution in [1.29, 1.82) is 0 Å². The Balaban J connectivity index is 0.000000921. The number of carbonyl (C=O) groups excluding carboxylic acids is 2. The van der Waals surface area contributed by atoms with E-state index in [1.54, 1.807) is 4.90 Å². The van der Waals surface area contributed by atoms with Crippen LogP contribution in [-0.2, 0) is 10.2 Å². The molecule has 1 aromatic rings. The Hall–Kier alpha value is -1.55. The van der Waals surface area contributed by atoms with Gasteiger partial charge in [-0.15, -0.1) is 0 Å². The Kier molecular flexibility index (Phi) is 8.55. The number of hydrogen-bond acceptors (Lipinski definition) is 3. The molecule has 0 saturated carbocycles. The first-order valence-electron chi connectivity index (χ1n) is 10.4. The van der Waals surface area contributed by atoms with Crippen LogP contribution in [0.15, 0.2) is 12.1 Å². The van der Waals surface area contributed by atoms with Crippen LogP contribution in [0.4, 0.5) is 4.79 Å². The third-order valence-corrected chi connectivity index (χ3v) is 5.45. The molecule has 1 aliphatic carbocycles. The summed E-state index contributed by atoms with van der Waals surface area (Å²) in [7, 11) is 0. The summed E-state index contributed by atoms with van der Waals surface area (Å²) in [4.78, 5) is 26.4. The highest BCUT2D eigenvalue weighted by molar-refractivity contribution is 6.31. The van der Waals surface area contributed by atoms with Crippen LogP contribution in [0.25, 0.3) is 0 Å². The number of nitrogens with zero attached hydrogens (tertiary/aromatic N) is 1. The molecule has 1 aliphatic heterocycles. The van der Waals surface area contributed by atoms with Gasteiger partial charge in [-0.1, -0.05) is 45.4 Å². The highest BCUT2D eigenvalue weighted by Crippen LogP contribution is 2.47. The maximum absolute atomic E-state index is 12.4. The summed E-state index contributed by atoms with van der Waals surface area (Å²) in [6.45, 7) is 16.8. The zero-order valence-corrected chi connectivity index (χ0v) is 19.5. The average molecular weight is 410 g/mol. The van der Waals surface area contributed by atoms with Gasteiger partial charge in [0.1, 0.15) is 5.60 Å². The van der Waals surface area contributed by atoms with Crippen LogP contribution >= 0.6 is 11.6 Å². The van der Waals surface area contributed by atoms with Gasteiger partial charge in [0.2, 0.25) is 0 Å². The first-order chi connectivity index (χ1) is 13.1. The largest absolute Gasteiger partial charge is 0.444 e. The molecule has 158 valence electrons. The van der Waals surface area contributed by atoms with Gasteiger partial charge in [0.25, 0.3) is 0 Å². The number of fused-ring (bicyclic) bond motifs is 2. The summed E-state index contributed by atoms with van der Waals surface area (Å²) in [5.74, 6) is 0.164. The molecule has 0 unspecified atom stereocenters. The van der Waals surface area contributed by atoms with Crippen molar-refractivity contribution in [1.82, 2.24) is 4.90 Å². The van der Waals surface area contributed by atoms with Crippen molar-refractivity contribution in [2.45, 2.75) is 85.7 Å². The molecule has 0 radical (unpaired) electrons. The fraction of sp³-hybridized carbons (Fsp3) is 0.652. The summed E-state index contributed by atoms with van der Waals surface area (Å²) in [5, 5.41) is 0.644. The highest BCUT2D eigenvalue weighted by Gasteiger charge is 2.46. The number of likely N-dealkylation sites (tertiary alicyclic amines) is 1. The fourth-order valence-corrected chi connectivity index (χ4v) is 3.90. The van der Waals surface area contributed by atoms with Crippen molar-refractivity contribution in [3.05, 3.63) is 33.8 Å². The Labute approximate surface area is 175 Å². The van der Waals surface area contributed by atoms with Crippen LogP contribution in [0.2, 0.25) is 5.02 Å². The fourth-order valence-electron chi connectivity index (χ4n) is 3.74. The molecule has 0 atom stereocenters. The standard InChI is InChI=1S/C19H24ClNO3.2C2H6/c1-12-9-14-13(10-15(12)20)16(22)11-19(14)5-7-21(8-6-19)17(23)24-18(2,3)4;2*1-2/h9-10H,5-8,11H2,1-4H3;2*1-2H3. The van der Waals surface area contributed by atoms with E-state index < -0.39 is 5.60 Å². The summed E-state index contributed by atoms with van der Waals surface area (Å²) in [5.41, 5.74) is 2.23. The number of halogens is 1. The second-order valence-electron chi connectivity index (χ2n) is 7.99. The van der Waals surface area contributed by atoms with Crippen molar-refractivity contribution in [2.75, 3.05) is 13.1 Å². The molecule has 3 rings (SSSR count). The van der Waals surface area contributed by atoms with E-state index in [0.717, 1.165) is 29.5 Å². The van der Waals surface area contributed by atoms with E-state index in [2.05, 4.69) is 6.07 Å². The van der Waals surface area contributed by atoms with E-state index in [0.29, 0.717) is 24.5 Å². The molecule has 1 fully saturated rings.